The smallest absolute Gasteiger partial charge is 0.222 e. The zero-order valence-electron chi connectivity index (χ0n) is 20.5. The van der Waals surface area contributed by atoms with Crippen molar-refractivity contribution < 1.29 is 9.90 Å². The maximum atomic E-state index is 13.1. The number of pyridine rings is 1. The summed E-state index contributed by atoms with van der Waals surface area (Å²) < 4.78 is 0. The molecule has 1 atom stereocenters. The number of phenols is 1. The number of nitrogens with one attached hydrogen (secondary N) is 2. The fourth-order valence-electron chi connectivity index (χ4n) is 5.78. The predicted molar refractivity (Wildman–Crippen MR) is 138 cm³/mol. The van der Waals surface area contributed by atoms with Crippen molar-refractivity contribution in [2.24, 2.45) is 5.92 Å². The Balaban J connectivity index is 1.18. The number of H-pyrrole nitrogens is 1. The third-order valence-corrected chi connectivity index (χ3v) is 7.71. The van der Waals surface area contributed by atoms with Crippen molar-refractivity contribution in [1.29, 1.82) is 0 Å². The first-order valence-corrected chi connectivity index (χ1v) is 13.3. The first-order valence-electron chi connectivity index (χ1n) is 13.3. The van der Waals surface area contributed by atoms with Crippen molar-refractivity contribution in [3.8, 4) is 5.75 Å². The van der Waals surface area contributed by atoms with Gasteiger partial charge < -0.3 is 15.3 Å². The number of aromatic amines is 1. The van der Waals surface area contributed by atoms with Gasteiger partial charge in [-0.05, 0) is 74.6 Å². The first-order chi connectivity index (χ1) is 17.2. The molecular formula is C28H37N5O2. The van der Waals surface area contributed by atoms with Crippen LogP contribution in [0, 0.1) is 5.92 Å². The molecule has 2 aliphatic rings. The maximum absolute atomic E-state index is 13.1. The minimum absolute atomic E-state index is 0.219. The van der Waals surface area contributed by atoms with Crippen molar-refractivity contribution in [3.63, 3.8) is 0 Å². The summed E-state index contributed by atoms with van der Waals surface area (Å²) >= 11 is 0. The largest absolute Gasteiger partial charge is 0.508 e. The van der Waals surface area contributed by atoms with Gasteiger partial charge in [-0.1, -0.05) is 31.4 Å². The number of aryl methyl sites for hydroxylation is 1. The summed E-state index contributed by atoms with van der Waals surface area (Å²) in [5.41, 5.74) is 3.08. The molecule has 7 nitrogen and oxygen atoms in total. The van der Waals surface area contributed by atoms with E-state index in [4.69, 9.17) is 0 Å². The number of amides is 1. The summed E-state index contributed by atoms with van der Waals surface area (Å²) in [4.78, 5) is 19.8. The fraction of sp³-hybridized carbons (Fsp3) is 0.536. The van der Waals surface area contributed by atoms with Crippen LogP contribution in [-0.2, 0) is 17.6 Å². The number of carbonyl (C=O) groups is 1. The lowest BCUT2D eigenvalue weighted by Gasteiger charge is -2.23. The number of aromatic nitrogens is 3. The molecule has 3 aromatic rings. The minimum Gasteiger partial charge on any atom is -0.508 e. The monoisotopic (exact) mass is 475 g/mol. The number of nitrogens with zero attached hydrogens (tertiary/aromatic N) is 3. The van der Waals surface area contributed by atoms with Crippen LogP contribution in [0.3, 0.4) is 0 Å². The molecule has 7 heteroatoms. The molecule has 1 aliphatic carbocycles. The van der Waals surface area contributed by atoms with Gasteiger partial charge in [0.05, 0.1) is 10.9 Å². The molecule has 2 fully saturated rings. The Hall–Kier alpha value is -3.09. The number of hydrogen-bond donors (Lipinski definition) is 3. The molecule has 0 radical (unpaired) electrons. The van der Waals surface area contributed by atoms with Gasteiger partial charge in [0.25, 0.3) is 0 Å². The summed E-state index contributed by atoms with van der Waals surface area (Å²) in [6.07, 6.45) is 13.3. The van der Waals surface area contributed by atoms with Crippen molar-refractivity contribution in [2.75, 3.05) is 18.4 Å². The second-order valence-corrected chi connectivity index (χ2v) is 10.3. The van der Waals surface area contributed by atoms with Crippen LogP contribution in [0.4, 0.5) is 5.82 Å². The van der Waals surface area contributed by atoms with E-state index in [2.05, 4.69) is 26.6 Å². The zero-order chi connectivity index (χ0) is 24.0. The number of hydrogen-bond acceptors (Lipinski definition) is 5. The van der Waals surface area contributed by atoms with Crippen molar-refractivity contribution in [1.82, 2.24) is 20.1 Å². The summed E-state index contributed by atoms with van der Waals surface area (Å²) in [6.45, 7) is 1.64. The maximum Gasteiger partial charge on any atom is 0.222 e. The van der Waals surface area contributed by atoms with Gasteiger partial charge in [-0.15, -0.1) is 0 Å². The lowest BCUT2D eigenvalue weighted by atomic mass is 9.93. The van der Waals surface area contributed by atoms with Gasteiger partial charge >= 0.3 is 0 Å². The number of likely N-dealkylation sites (tertiary alicyclic amines) is 1. The molecule has 5 rings (SSSR count). The Morgan fingerprint density at radius 1 is 1.09 bits per heavy atom. The van der Waals surface area contributed by atoms with E-state index in [9.17, 15) is 9.90 Å². The van der Waals surface area contributed by atoms with Gasteiger partial charge in [0.2, 0.25) is 5.91 Å². The molecule has 3 heterocycles. The number of rotatable bonds is 7. The van der Waals surface area contributed by atoms with Gasteiger partial charge in [-0.25, -0.2) is 4.98 Å². The van der Waals surface area contributed by atoms with E-state index < -0.39 is 0 Å². The van der Waals surface area contributed by atoms with Crippen molar-refractivity contribution in [3.05, 3.63) is 47.8 Å². The van der Waals surface area contributed by atoms with Crippen molar-refractivity contribution in [2.45, 2.75) is 76.7 Å². The highest BCUT2D eigenvalue weighted by Gasteiger charge is 2.22. The summed E-state index contributed by atoms with van der Waals surface area (Å²) in [6, 6.07) is 9.96. The second-order valence-electron chi connectivity index (χ2n) is 10.3. The SMILES string of the molecule is O=C(CCc1[nH]nc2ccnc(NC3CCCCC3)c12)N1CCCC(Cc2cccc(O)c2)CC1. The van der Waals surface area contributed by atoms with Crippen LogP contribution < -0.4 is 5.32 Å². The van der Waals surface area contributed by atoms with E-state index >= 15 is 0 Å². The minimum atomic E-state index is 0.219. The summed E-state index contributed by atoms with van der Waals surface area (Å²) in [7, 11) is 0. The fourth-order valence-corrected chi connectivity index (χ4v) is 5.78. The van der Waals surface area contributed by atoms with Gasteiger partial charge in [-0.3, -0.25) is 9.89 Å². The molecule has 1 saturated heterocycles. The number of phenolic OH excluding ortho intramolecular Hbond substituents is 1. The third kappa shape index (κ3) is 5.95. The van der Waals surface area contributed by atoms with E-state index in [-0.39, 0.29) is 5.91 Å². The Labute approximate surface area is 207 Å². The van der Waals surface area contributed by atoms with E-state index in [0.29, 0.717) is 30.6 Å². The molecule has 1 amide bonds. The Morgan fingerprint density at radius 3 is 2.83 bits per heavy atom. The molecule has 0 spiro atoms. The van der Waals surface area contributed by atoms with E-state index in [1.165, 1.54) is 37.7 Å². The van der Waals surface area contributed by atoms with Crippen LogP contribution in [0.15, 0.2) is 36.5 Å². The van der Waals surface area contributed by atoms with Crippen molar-refractivity contribution >= 4 is 22.6 Å². The molecule has 1 aliphatic heterocycles. The summed E-state index contributed by atoms with van der Waals surface area (Å²) in [5, 5.41) is 22.1. The normalized spacial score (nSPS) is 19.5. The number of fused-ring (bicyclic) bond motifs is 1. The highest BCUT2D eigenvalue weighted by Crippen LogP contribution is 2.28. The second kappa shape index (κ2) is 11.1. The van der Waals surface area contributed by atoms with E-state index in [1.807, 2.05) is 29.3 Å². The zero-order valence-corrected chi connectivity index (χ0v) is 20.5. The third-order valence-electron chi connectivity index (χ3n) is 7.71. The molecule has 1 aromatic carbocycles. The molecule has 2 aromatic heterocycles. The van der Waals surface area contributed by atoms with Crippen LogP contribution in [0.1, 0.15) is 69.0 Å². The van der Waals surface area contributed by atoms with Crippen LogP contribution >= 0.6 is 0 Å². The van der Waals surface area contributed by atoms with Crippen LogP contribution in [0.5, 0.6) is 5.75 Å². The molecular weight excluding hydrogens is 438 g/mol. The predicted octanol–water partition coefficient (Wildman–Crippen LogP) is 5.21. The molecule has 0 bridgehead atoms. The van der Waals surface area contributed by atoms with Crippen LogP contribution in [0.25, 0.3) is 10.9 Å². The Morgan fingerprint density at radius 2 is 1.97 bits per heavy atom. The van der Waals surface area contributed by atoms with Gasteiger partial charge in [0, 0.05) is 37.4 Å². The number of anilines is 1. The average molecular weight is 476 g/mol. The molecule has 3 N–H and O–H groups in total. The highest BCUT2D eigenvalue weighted by molar-refractivity contribution is 5.92. The Bertz CT molecular complexity index is 1140. The van der Waals surface area contributed by atoms with Gasteiger partial charge in [0.1, 0.15) is 11.6 Å². The number of carbonyl (C=O) groups excluding carboxylic acids is 1. The van der Waals surface area contributed by atoms with Crippen LogP contribution in [0.2, 0.25) is 0 Å². The lowest BCUT2D eigenvalue weighted by molar-refractivity contribution is -0.131. The Kier molecular flexibility index (Phi) is 7.50. The quantitative estimate of drug-likeness (QED) is 0.436. The summed E-state index contributed by atoms with van der Waals surface area (Å²) in [5.74, 6) is 1.99. The first kappa shape index (κ1) is 23.6. The van der Waals surface area contributed by atoms with Crippen LogP contribution in [-0.4, -0.2) is 50.2 Å². The number of benzene rings is 1. The van der Waals surface area contributed by atoms with E-state index in [1.54, 1.807) is 6.07 Å². The van der Waals surface area contributed by atoms with Gasteiger partial charge in [0.15, 0.2) is 0 Å². The molecule has 1 unspecified atom stereocenters. The topological polar surface area (TPSA) is 94.1 Å². The number of aromatic hydroxyl groups is 1. The lowest BCUT2D eigenvalue weighted by Crippen LogP contribution is -2.32. The highest BCUT2D eigenvalue weighted by atomic mass is 16.3. The molecule has 1 saturated carbocycles. The standard InChI is InChI=1S/C28H37N5O2/c34-23-10-4-6-21(19-23)18-20-7-5-16-33(17-14-20)26(35)12-11-24-27-25(32-31-24)13-15-29-28(27)30-22-8-2-1-3-9-22/h4,6,10,13,15,19-20,22,34H,1-3,5,7-9,11-12,14,16-18H2,(H,29,30)(H,31,32). The molecule has 186 valence electrons. The average Bonchev–Trinajstić information content (AvgIpc) is 3.15. The molecule has 35 heavy (non-hydrogen) atoms. The van der Waals surface area contributed by atoms with E-state index in [0.717, 1.165) is 61.2 Å². The van der Waals surface area contributed by atoms with Gasteiger partial charge in [-0.2, -0.15) is 5.10 Å².